The topological polar surface area (TPSA) is 9.23 Å². The highest BCUT2D eigenvalue weighted by atomic mass is 16.5. The third-order valence-corrected chi connectivity index (χ3v) is 4.45. The fourth-order valence-corrected chi connectivity index (χ4v) is 2.61. The Morgan fingerprint density at radius 1 is 0.593 bits per heavy atom. The maximum atomic E-state index is 5.51. The van der Waals surface area contributed by atoms with E-state index in [1.54, 1.807) is 7.11 Å². The standard InChI is InChI=1S/C26H22O/c1-19-5-8-22(9-6-19)11-12-24-14-16-25(26(18-24)27-4)15-13-23-10-7-20(2)21(3)17-23/h5-10,14,16-18H,1-4H3. The molecule has 0 fully saturated rings. The van der Waals surface area contributed by atoms with Crippen molar-refractivity contribution >= 4 is 0 Å². The SMILES string of the molecule is COc1cc(C#Cc2ccc(C)cc2)ccc1C#Cc1ccc(C)c(C)c1. The molecule has 0 radical (unpaired) electrons. The lowest BCUT2D eigenvalue weighted by molar-refractivity contribution is 0.413. The maximum Gasteiger partial charge on any atom is 0.135 e. The Balaban J connectivity index is 1.86. The van der Waals surface area contributed by atoms with E-state index in [0.29, 0.717) is 0 Å². The summed E-state index contributed by atoms with van der Waals surface area (Å²) in [5.74, 6) is 13.5. The van der Waals surface area contributed by atoms with Crippen LogP contribution in [-0.4, -0.2) is 7.11 Å². The van der Waals surface area contributed by atoms with Crippen molar-refractivity contribution in [3.63, 3.8) is 0 Å². The quantitative estimate of drug-likeness (QED) is 0.533. The van der Waals surface area contributed by atoms with Gasteiger partial charge in [0.25, 0.3) is 0 Å². The fraction of sp³-hybridized carbons (Fsp3) is 0.154. The van der Waals surface area contributed by atoms with Crippen molar-refractivity contribution in [1.29, 1.82) is 0 Å². The van der Waals surface area contributed by atoms with Gasteiger partial charge in [-0.2, -0.15) is 0 Å². The van der Waals surface area contributed by atoms with Gasteiger partial charge in [-0.3, -0.25) is 0 Å². The maximum absolute atomic E-state index is 5.51. The van der Waals surface area contributed by atoms with E-state index in [9.17, 15) is 0 Å². The van der Waals surface area contributed by atoms with E-state index in [1.807, 2.05) is 36.4 Å². The first-order valence-electron chi connectivity index (χ1n) is 8.91. The van der Waals surface area contributed by atoms with Gasteiger partial charge in [0.2, 0.25) is 0 Å². The van der Waals surface area contributed by atoms with Crippen LogP contribution in [0.15, 0.2) is 60.7 Å². The van der Waals surface area contributed by atoms with E-state index < -0.39 is 0 Å². The number of hydrogen-bond donors (Lipinski definition) is 0. The van der Waals surface area contributed by atoms with E-state index in [-0.39, 0.29) is 0 Å². The monoisotopic (exact) mass is 350 g/mol. The molecule has 1 nitrogen and oxygen atoms in total. The Hall–Kier alpha value is -3.42. The minimum absolute atomic E-state index is 0.738. The number of aryl methyl sites for hydroxylation is 3. The molecule has 0 atom stereocenters. The zero-order chi connectivity index (χ0) is 19.2. The molecule has 0 saturated heterocycles. The molecule has 0 spiro atoms. The van der Waals surface area contributed by atoms with Crippen molar-refractivity contribution in [2.24, 2.45) is 0 Å². The molecule has 0 saturated carbocycles. The van der Waals surface area contributed by atoms with Crippen LogP contribution in [0.2, 0.25) is 0 Å². The summed E-state index contributed by atoms with van der Waals surface area (Å²) >= 11 is 0. The average molecular weight is 350 g/mol. The third-order valence-electron chi connectivity index (χ3n) is 4.45. The van der Waals surface area contributed by atoms with Gasteiger partial charge in [-0.25, -0.2) is 0 Å². The second-order valence-electron chi connectivity index (χ2n) is 6.58. The van der Waals surface area contributed by atoms with E-state index in [0.717, 1.165) is 28.0 Å². The second kappa shape index (κ2) is 8.31. The van der Waals surface area contributed by atoms with Gasteiger partial charge < -0.3 is 4.74 Å². The van der Waals surface area contributed by atoms with E-state index in [4.69, 9.17) is 4.74 Å². The zero-order valence-electron chi connectivity index (χ0n) is 16.2. The zero-order valence-corrected chi connectivity index (χ0v) is 16.2. The van der Waals surface area contributed by atoms with Gasteiger partial charge in [-0.15, -0.1) is 0 Å². The molecule has 0 aliphatic heterocycles. The van der Waals surface area contributed by atoms with Crippen molar-refractivity contribution in [3.8, 4) is 29.4 Å². The largest absolute Gasteiger partial charge is 0.495 e. The van der Waals surface area contributed by atoms with Crippen molar-refractivity contribution in [2.75, 3.05) is 7.11 Å². The molecule has 1 heteroatoms. The van der Waals surface area contributed by atoms with Gasteiger partial charge in [0.1, 0.15) is 5.75 Å². The van der Waals surface area contributed by atoms with Crippen LogP contribution in [0.3, 0.4) is 0 Å². The predicted molar refractivity (Wildman–Crippen MR) is 112 cm³/mol. The van der Waals surface area contributed by atoms with Crippen LogP contribution in [-0.2, 0) is 0 Å². The molecule has 0 N–H and O–H groups in total. The number of hydrogen-bond acceptors (Lipinski definition) is 1. The molecule has 3 aromatic carbocycles. The van der Waals surface area contributed by atoms with Crippen LogP contribution in [0.5, 0.6) is 5.75 Å². The van der Waals surface area contributed by atoms with Crippen molar-refractivity contribution in [3.05, 3.63) is 99.6 Å². The molecule has 0 aromatic heterocycles. The molecule has 132 valence electrons. The Morgan fingerprint density at radius 2 is 1.19 bits per heavy atom. The van der Waals surface area contributed by atoms with Gasteiger partial charge in [0.05, 0.1) is 12.7 Å². The first kappa shape index (κ1) is 18.4. The smallest absolute Gasteiger partial charge is 0.135 e. The van der Waals surface area contributed by atoms with E-state index in [2.05, 4.69) is 68.7 Å². The second-order valence-corrected chi connectivity index (χ2v) is 6.58. The summed E-state index contributed by atoms with van der Waals surface area (Å²) in [6.45, 7) is 6.27. The summed E-state index contributed by atoms with van der Waals surface area (Å²) in [5.41, 5.74) is 7.52. The van der Waals surface area contributed by atoms with Gasteiger partial charge in [0.15, 0.2) is 0 Å². The third kappa shape index (κ3) is 4.81. The minimum Gasteiger partial charge on any atom is -0.495 e. The van der Waals surface area contributed by atoms with Crippen LogP contribution in [0.4, 0.5) is 0 Å². The molecule has 3 aromatic rings. The molecule has 3 rings (SSSR count). The summed E-state index contributed by atoms with van der Waals surface area (Å²) in [4.78, 5) is 0. The Kier molecular flexibility index (Phi) is 5.65. The molecule has 0 aliphatic carbocycles. The summed E-state index contributed by atoms with van der Waals surface area (Å²) in [5, 5.41) is 0. The molecule has 27 heavy (non-hydrogen) atoms. The van der Waals surface area contributed by atoms with Gasteiger partial charge in [-0.1, -0.05) is 47.4 Å². The average Bonchev–Trinajstić information content (AvgIpc) is 2.68. The number of rotatable bonds is 1. The van der Waals surface area contributed by atoms with Crippen molar-refractivity contribution in [2.45, 2.75) is 20.8 Å². The van der Waals surface area contributed by atoms with Crippen LogP contribution in [0.1, 0.15) is 38.9 Å². The highest BCUT2D eigenvalue weighted by Crippen LogP contribution is 2.19. The van der Waals surface area contributed by atoms with Crippen LogP contribution < -0.4 is 4.74 Å². The molecule has 0 bridgehead atoms. The number of benzene rings is 3. The van der Waals surface area contributed by atoms with E-state index >= 15 is 0 Å². The van der Waals surface area contributed by atoms with Crippen LogP contribution in [0.25, 0.3) is 0 Å². The molecule has 0 heterocycles. The molecule has 0 amide bonds. The lowest BCUT2D eigenvalue weighted by atomic mass is 10.1. The van der Waals surface area contributed by atoms with Crippen molar-refractivity contribution < 1.29 is 4.74 Å². The first-order chi connectivity index (χ1) is 13.0. The highest BCUT2D eigenvalue weighted by molar-refractivity contribution is 5.55. The molecular weight excluding hydrogens is 328 g/mol. The van der Waals surface area contributed by atoms with Gasteiger partial charge in [-0.05, 0) is 74.4 Å². The van der Waals surface area contributed by atoms with Gasteiger partial charge >= 0.3 is 0 Å². The fourth-order valence-electron chi connectivity index (χ4n) is 2.61. The number of ether oxygens (including phenoxy) is 1. The lowest BCUT2D eigenvalue weighted by Crippen LogP contribution is -1.89. The molecule has 0 aliphatic rings. The Morgan fingerprint density at radius 3 is 1.89 bits per heavy atom. The lowest BCUT2D eigenvalue weighted by Gasteiger charge is -2.04. The van der Waals surface area contributed by atoms with Gasteiger partial charge in [0, 0.05) is 16.7 Å². The summed E-state index contributed by atoms with van der Waals surface area (Å²) in [6, 6.07) is 20.3. The Bertz CT molecular complexity index is 1080. The molecular formula is C26H22O. The van der Waals surface area contributed by atoms with E-state index in [1.165, 1.54) is 16.7 Å². The summed E-state index contributed by atoms with van der Waals surface area (Å²) in [7, 11) is 1.66. The Labute approximate surface area is 162 Å². The summed E-state index contributed by atoms with van der Waals surface area (Å²) in [6.07, 6.45) is 0. The highest BCUT2D eigenvalue weighted by Gasteiger charge is 2.01. The van der Waals surface area contributed by atoms with Crippen LogP contribution >= 0.6 is 0 Å². The summed E-state index contributed by atoms with van der Waals surface area (Å²) < 4.78 is 5.51. The van der Waals surface area contributed by atoms with Crippen molar-refractivity contribution in [1.82, 2.24) is 0 Å². The predicted octanol–water partition coefficient (Wildman–Crippen LogP) is 5.42. The van der Waals surface area contributed by atoms with Crippen LogP contribution in [0, 0.1) is 44.5 Å². The first-order valence-corrected chi connectivity index (χ1v) is 8.91. The normalized spacial score (nSPS) is 9.63. The number of methoxy groups -OCH3 is 1. The molecule has 0 unspecified atom stereocenters. The minimum atomic E-state index is 0.738.